The van der Waals surface area contributed by atoms with E-state index in [4.69, 9.17) is 10.5 Å². The summed E-state index contributed by atoms with van der Waals surface area (Å²) in [4.78, 5) is 23.9. The maximum atomic E-state index is 12.3. The number of nitrogens with one attached hydrogen (secondary N) is 2. The molecule has 4 N–H and O–H groups in total. The van der Waals surface area contributed by atoms with Gasteiger partial charge in [0.05, 0.1) is 0 Å². The second-order valence-corrected chi connectivity index (χ2v) is 7.35. The predicted octanol–water partition coefficient (Wildman–Crippen LogP) is 1.80. The van der Waals surface area contributed by atoms with Crippen molar-refractivity contribution in [2.75, 3.05) is 19.7 Å². The van der Waals surface area contributed by atoms with Gasteiger partial charge in [-0.25, -0.2) is 0 Å². The molecule has 0 radical (unpaired) electrons. The topological polar surface area (TPSA) is 93.5 Å². The van der Waals surface area contributed by atoms with Crippen molar-refractivity contribution in [2.45, 2.75) is 44.6 Å². The quantitative estimate of drug-likeness (QED) is 0.594. The highest BCUT2D eigenvalue weighted by Crippen LogP contribution is 2.30. The van der Waals surface area contributed by atoms with E-state index in [1.54, 1.807) is 0 Å². The molecule has 0 unspecified atom stereocenters. The van der Waals surface area contributed by atoms with E-state index in [2.05, 4.69) is 10.6 Å². The minimum absolute atomic E-state index is 0. The molecule has 2 aliphatic carbocycles. The summed E-state index contributed by atoms with van der Waals surface area (Å²) < 4.78 is 5.49. The zero-order valence-electron chi connectivity index (χ0n) is 15.6. The number of amides is 2. The third-order valence-electron chi connectivity index (χ3n) is 5.25. The first kappa shape index (κ1) is 21.5. The maximum Gasteiger partial charge on any atom is 0.258 e. The SMILES string of the molecule is Cl.NC[C@H]1CCC[C@H]1C(=O)NCCc1ccc(OCC(=O)NC2CC2)cc1. The van der Waals surface area contributed by atoms with Gasteiger partial charge >= 0.3 is 0 Å². The number of hydrogen-bond donors (Lipinski definition) is 3. The Hall–Kier alpha value is -1.79. The summed E-state index contributed by atoms with van der Waals surface area (Å²) >= 11 is 0. The summed E-state index contributed by atoms with van der Waals surface area (Å²) in [6, 6.07) is 8.02. The van der Waals surface area contributed by atoms with Crippen molar-refractivity contribution >= 4 is 24.2 Å². The Bertz CT molecular complexity index is 619. The fourth-order valence-corrected chi connectivity index (χ4v) is 3.52. The van der Waals surface area contributed by atoms with Crippen molar-refractivity contribution in [3.8, 4) is 5.75 Å². The molecule has 150 valence electrons. The van der Waals surface area contributed by atoms with E-state index in [1.807, 2.05) is 24.3 Å². The lowest BCUT2D eigenvalue weighted by Gasteiger charge is -2.17. The van der Waals surface area contributed by atoms with E-state index in [1.165, 1.54) is 0 Å². The van der Waals surface area contributed by atoms with Crippen LogP contribution in [0.4, 0.5) is 0 Å². The Morgan fingerprint density at radius 1 is 1.11 bits per heavy atom. The number of carbonyl (C=O) groups excluding carboxylic acids is 2. The van der Waals surface area contributed by atoms with Crippen LogP contribution < -0.4 is 21.1 Å². The zero-order chi connectivity index (χ0) is 18.4. The van der Waals surface area contributed by atoms with Gasteiger partial charge in [-0.1, -0.05) is 18.6 Å². The minimum Gasteiger partial charge on any atom is -0.484 e. The molecule has 0 spiro atoms. The van der Waals surface area contributed by atoms with E-state index in [0.29, 0.717) is 30.8 Å². The van der Waals surface area contributed by atoms with Crippen LogP contribution in [0, 0.1) is 11.8 Å². The highest BCUT2D eigenvalue weighted by atomic mass is 35.5. The Labute approximate surface area is 167 Å². The van der Waals surface area contributed by atoms with Crippen molar-refractivity contribution in [3.05, 3.63) is 29.8 Å². The predicted molar refractivity (Wildman–Crippen MR) is 107 cm³/mol. The van der Waals surface area contributed by atoms with Gasteiger partial charge in [0.2, 0.25) is 5.91 Å². The smallest absolute Gasteiger partial charge is 0.258 e. The van der Waals surface area contributed by atoms with Gasteiger partial charge < -0.3 is 21.1 Å². The number of hydrogen-bond acceptors (Lipinski definition) is 4. The highest BCUT2D eigenvalue weighted by molar-refractivity contribution is 5.85. The molecule has 27 heavy (non-hydrogen) atoms. The van der Waals surface area contributed by atoms with Crippen molar-refractivity contribution < 1.29 is 14.3 Å². The summed E-state index contributed by atoms with van der Waals surface area (Å²) in [5, 5.41) is 5.93. The summed E-state index contributed by atoms with van der Waals surface area (Å²) in [7, 11) is 0. The molecule has 0 heterocycles. The molecule has 0 aliphatic heterocycles. The normalized spacial score (nSPS) is 21.2. The average Bonchev–Trinajstić information content (AvgIpc) is 3.33. The number of benzene rings is 1. The molecule has 1 aromatic rings. The maximum absolute atomic E-state index is 12.3. The van der Waals surface area contributed by atoms with Crippen molar-refractivity contribution in [1.82, 2.24) is 10.6 Å². The first-order chi connectivity index (χ1) is 12.7. The summed E-state index contributed by atoms with van der Waals surface area (Å²) in [5.41, 5.74) is 6.88. The van der Waals surface area contributed by atoms with Crippen LogP contribution in [-0.4, -0.2) is 37.6 Å². The largest absolute Gasteiger partial charge is 0.484 e. The van der Waals surface area contributed by atoms with Gasteiger partial charge in [-0.05, 0) is 62.3 Å². The standard InChI is InChI=1S/C20H29N3O3.ClH/c21-12-15-2-1-3-18(15)20(25)22-11-10-14-4-8-17(9-5-14)26-13-19(24)23-16-6-7-16;/h4-5,8-9,15-16,18H,1-3,6-7,10-13,21H2,(H,22,25)(H,23,24);1H/t15-,18-;/m1./s1. The van der Waals surface area contributed by atoms with Crippen LogP contribution in [0.15, 0.2) is 24.3 Å². The van der Waals surface area contributed by atoms with E-state index >= 15 is 0 Å². The van der Waals surface area contributed by atoms with Crippen LogP contribution in [0.25, 0.3) is 0 Å². The third kappa shape index (κ3) is 6.70. The summed E-state index contributed by atoms with van der Waals surface area (Å²) in [5.74, 6) is 1.17. The Morgan fingerprint density at radius 3 is 2.52 bits per heavy atom. The molecule has 7 heteroatoms. The Kier molecular flexibility index (Phi) is 8.38. The molecule has 2 aliphatic rings. The molecule has 0 aromatic heterocycles. The highest BCUT2D eigenvalue weighted by Gasteiger charge is 2.31. The molecule has 6 nitrogen and oxygen atoms in total. The van der Waals surface area contributed by atoms with E-state index in [0.717, 1.165) is 44.1 Å². The lowest BCUT2D eigenvalue weighted by atomic mass is 9.95. The van der Waals surface area contributed by atoms with Gasteiger partial charge in [-0.15, -0.1) is 12.4 Å². The fraction of sp³-hybridized carbons (Fsp3) is 0.600. The zero-order valence-corrected chi connectivity index (χ0v) is 16.4. The van der Waals surface area contributed by atoms with Gasteiger partial charge in [0, 0.05) is 18.5 Å². The number of ether oxygens (including phenoxy) is 1. The van der Waals surface area contributed by atoms with Crippen LogP contribution >= 0.6 is 12.4 Å². The van der Waals surface area contributed by atoms with E-state index in [-0.39, 0.29) is 36.7 Å². The summed E-state index contributed by atoms with van der Waals surface area (Å²) in [6.45, 7) is 1.27. The third-order valence-corrected chi connectivity index (χ3v) is 5.25. The van der Waals surface area contributed by atoms with Crippen LogP contribution in [-0.2, 0) is 16.0 Å². The van der Waals surface area contributed by atoms with Crippen LogP contribution in [0.2, 0.25) is 0 Å². The fourth-order valence-electron chi connectivity index (χ4n) is 3.52. The summed E-state index contributed by atoms with van der Waals surface area (Å²) in [6.07, 6.45) is 6.03. The lowest BCUT2D eigenvalue weighted by Crippen LogP contribution is -2.36. The minimum atomic E-state index is -0.0676. The lowest BCUT2D eigenvalue weighted by molar-refractivity contribution is -0.126. The van der Waals surface area contributed by atoms with Crippen LogP contribution in [0.3, 0.4) is 0 Å². The van der Waals surface area contributed by atoms with Gasteiger partial charge in [0.15, 0.2) is 6.61 Å². The van der Waals surface area contributed by atoms with Crippen LogP contribution in [0.1, 0.15) is 37.7 Å². The molecular formula is C20H30ClN3O3. The molecule has 2 amide bonds. The van der Waals surface area contributed by atoms with Gasteiger partial charge in [-0.2, -0.15) is 0 Å². The Morgan fingerprint density at radius 2 is 1.85 bits per heavy atom. The van der Waals surface area contributed by atoms with Gasteiger partial charge in [0.1, 0.15) is 5.75 Å². The van der Waals surface area contributed by atoms with E-state index in [9.17, 15) is 9.59 Å². The Balaban J connectivity index is 0.00000261. The number of nitrogens with two attached hydrogens (primary N) is 1. The number of halogens is 1. The van der Waals surface area contributed by atoms with E-state index < -0.39 is 0 Å². The number of carbonyl (C=O) groups is 2. The van der Waals surface area contributed by atoms with Crippen molar-refractivity contribution in [1.29, 1.82) is 0 Å². The van der Waals surface area contributed by atoms with Gasteiger partial charge in [0.25, 0.3) is 5.91 Å². The molecule has 0 saturated heterocycles. The molecule has 2 saturated carbocycles. The first-order valence-electron chi connectivity index (χ1n) is 9.64. The van der Waals surface area contributed by atoms with Gasteiger partial charge in [-0.3, -0.25) is 9.59 Å². The second-order valence-electron chi connectivity index (χ2n) is 7.35. The monoisotopic (exact) mass is 395 g/mol. The molecule has 1 aromatic carbocycles. The van der Waals surface area contributed by atoms with Crippen LogP contribution in [0.5, 0.6) is 5.75 Å². The molecule has 3 rings (SSSR count). The average molecular weight is 396 g/mol. The molecule has 2 fully saturated rings. The first-order valence-corrected chi connectivity index (χ1v) is 9.64. The number of rotatable bonds is 9. The van der Waals surface area contributed by atoms with Crippen molar-refractivity contribution in [3.63, 3.8) is 0 Å². The second kappa shape index (κ2) is 10.5. The molecule has 2 atom stereocenters. The van der Waals surface area contributed by atoms with Crippen molar-refractivity contribution in [2.24, 2.45) is 17.6 Å². The molecule has 0 bridgehead atoms. The molecular weight excluding hydrogens is 366 g/mol.